The summed E-state index contributed by atoms with van der Waals surface area (Å²) in [7, 11) is 3.98. The Morgan fingerprint density at radius 3 is 2.59 bits per heavy atom. The number of aryl methyl sites for hydroxylation is 2. The minimum Gasteiger partial charge on any atom is -0.494 e. The number of thiazole rings is 1. The van der Waals surface area contributed by atoms with E-state index in [2.05, 4.69) is 10.00 Å². The van der Waals surface area contributed by atoms with Gasteiger partial charge in [-0.05, 0) is 59.1 Å². The standard InChI is InChI=1S/C20H27N5O2S.ClH/c1-6-25-14(3)12-17(22-25)19(26)24(11-10-23(4)5)20-21-16-9-8-15(27-7-2)13-18(16)28-20;/h8-9,12-13H,6-7,10-11H2,1-5H3;1H. The lowest BCUT2D eigenvalue weighted by atomic mass is 10.3. The van der Waals surface area contributed by atoms with Crippen molar-refractivity contribution in [2.24, 2.45) is 0 Å². The van der Waals surface area contributed by atoms with Crippen LogP contribution < -0.4 is 9.64 Å². The van der Waals surface area contributed by atoms with Gasteiger partial charge in [0, 0.05) is 25.3 Å². The maximum absolute atomic E-state index is 13.3. The van der Waals surface area contributed by atoms with E-state index in [0.717, 1.165) is 34.7 Å². The van der Waals surface area contributed by atoms with Crippen LogP contribution in [0.4, 0.5) is 5.13 Å². The van der Waals surface area contributed by atoms with Gasteiger partial charge in [0.1, 0.15) is 5.75 Å². The van der Waals surface area contributed by atoms with E-state index in [1.807, 2.05) is 63.8 Å². The van der Waals surface area contributed by atoms with Gasteiger partial charge < -0.3 is 9.64 Å². The van der Waals surface area contributed by atoms with E-state index in [1.54, 1.807) is 4.90 Å². The highest BCUT2D eigenvalue weighted by molar-refractivity contribution is 7.22. The summed E-state index contributed by atoms with van der Waals surface area (Å²) in [5, 5.41) is 5.14. The second kappa shape index (κ2) is 10.0. The second-order valence-electron chi connectivity index (χ2n) is 6.81. The number of nitrogens with zero attached hydrogens (tertiary/aromatic N) is 5. The first-order chi connectivity index (χ1) is 13.4. The third-order valence-electron chi connectivity index (χ3n) is 4.41. The van der Waals surface area contributed by atoms with Crippen molar-refractivity contribution in [1.82, 2.24) is 19.7 Å². The predicted molar refractivity (Wildman–Crippen MR) is 121 cm³/mol. The summed E-state index contributed by atoms with van der Waals surface area (Å²) in [5.74, 6) is 0.690. The SMILES string of the molecule is CCOc1ccc2nc(N(CCN(C)C)C(=O)c3cc(C)n(CC)n3)sc2c1.Cl. The first kappa shape index (κ1) is 23.1. The number of fused-ring (bicyclic) bond motifs is 1. The Morgan fingerprint density at radius 1 is 1.21 bits per heavy atom. The van der Waals surface area contributed by atoms with Gasteiger partial charge in [0.2, 0.25) is 0 Å². The van der Waals surface area contributed by atoms with Gasteiger partial charge in [-0.25, -0.2) is 4.98 Å². The van der Waals surface area contributed by atoms with E-state index in [4.69, 9.17) is 9.72 Å². The van der Waals surface area contributed by atoms with Crippen LogP contribution in [0.1, 0.15) is 30.0 Å². The number of carbonyl (C=O) groups is 1. The molecule has 0 radical (unpaired) electrons. The maximum atomic E-state index is 13.3. The lowest BCUT2D eigenvalue weighted by Gasteiger charge is -2.21. The highest BCUT2D eigenvalue weighted by Crippen LogP contribution is 2.32. The zero-order chi connectivity index (χ0) is 20.3. The molecule has 29 heavy (non-hydrogen) atoms. The highest BCUT2D eigenvalue weighted by atomic mass is 35.5. The van der Waals surface area contributed by atoms with Crippen molar-refractivity contribution in [2.45, 2.75) is 27.3 Å². The van der Waals surface area contributed by atoms with Gasteiger partial charge in [0.05, 0.1) is 16.8 Å². The Kier molecular flexibility index (Phi) is 8.01. The molecule has 0 saturated carbocycles. The molecular formula is C20H28ClN5O2S. The van der Waals surface area contributed by atoms with Crippen molar-refractivity contribution >= 4 is 45.0 Å². The molecule has 0 unspecified atom stereocenters. The first-order valence-electron chi connectivity index (χ1n) is 9.47. The molecule has 1 amide bonds. The molecule has 158 valence electrons. The number of carbonyl (C=O) groups excluding carboxylic acids is 1. The summed E-state index contributed by atoms with van der Waals surface area (Å²) in [6, 6.07) is 7.66. The Hall–Kier alpha value is -2.16. The van der Waals surface area contributed by atoms with Crippen LogP contribution in [0.25, 0.3) is 10.2 Å². The number of ether oxygens (including phenoxy) is 1. The monoisotopic (exact) mass is 437 g/mol. The smallest absolute Gasteiger partial charge is 0.280 e. The average molecular weight is 438 g/mol. The van der Waals surface area contributed by atoms with E-state index >= 15 is 0 Å². The van der Waals surface area contributed by atoms with Crippen LogP contribution in [-0.4, -0.2) is 59.4 Å². The lowest BCUT2D eigenvalue weighted by molar-refractivity contribution is 0.0979. The quantitative estimate of drug-likeness (QED) is 0.535. The number of rotatable bonds is 8. The molecule has 0 spiro atoms. The molecule has 9 heteroatoms. The second-order valence-corrected chi connectivity index (χ2v) is 7.81. The van der Waals surface area contributed by atoms with Crippen LogP contribution in [0.5, 0.6) is 5.75 Å². The summed E-state index contributed by atoms with van der Waals surface area (Å²) in [6.07, 6.45) is 0. The van der Waals surface area contributed by atoms with E-state index in [1.165, 1.54) is 11.3 Å². The van der Waals surface area contributed by atoms with E-state index in [0.29, 0.717) is 24.0 Å². The van der Waals surface area contributed by atoms with Gasteiger partial charge in [-0.1, -0.05) is 11.3 Å². The molecule has 0 N–H and O–H groups in total. The molecule has 3 rings (SSSR count). The van der Waals surface area contributed by atoms with Crippen LogP contribution in [0, 0.1) is 6.92 Å². The molecule has 0 aliphatic rings. The Balaban J connectivity index is 0.00000300. The lowest BCUT2D eigenvalue weighted by Crippen LogP contribution is -2.37. The van der Waals surface area contributed by atoms with Crippen molar-refractivity contribution in [3.63, 3.8) is 0 Å². The molecule has 1 aromatic carbocycles. The number of hydrogen-bond donors (Lipinski definition) is 0. The minimum absolute atomic E-state index is 0. The fourth-order valence-corrected chi connectivity index (χ4v) is 3.94. The molecule has 2 heterocycles. The van der Waals surface area contributed by atoms with Gasteiger partial charge in [-0.3, -0.25) is 14.4 Å². The van der Waals surface area contributed by atoms with Gasteiger partial charge in [-0.15, -0.1) is 12.4 Å². The first-order valence-corrected chi connectivity index (χ1v) is 10.3. The number of amides is 1. The molecule has 0 atom stereocenters. The summed E-state index contributed by atoms with van der Waals surface area (Å²) < 4.78 is 8.42. The summed E-state index contributed by atoms with van der Waals surface area (Å²) in [4.78, 5) is 21.7. The number of aromatic nitrogens is 3. The van der Waals surface area contributed by atoms with Crippen molar-refractivity contribution in [3.8, 4) is 5.75 Å². The van der Waals surface area contributed by atoms with Crippen molar-refractivity contribution in [1.29, 1.82) is 0 Å². The highest BCUT2D eigenvalue weighted by Gasteiger charge is 2.24. The molecular weight excluding hydrogens is 410 g/mol. The number of hydrogen-bond acceptors (Lipinski definition) is 6. The maximum Gasteiger partial charge on any atom is 0.280 e. The van der Waals surface area contributed by atoms with Crippen molar-refractivity contribution < 1.29 is 9.53 Å². The van der Waals surface area contributed by atoms with Crippen molar-refractivity contribution in [3.05, 3.63) is 35.7 Å². The molecule has 0 aliphatic heterocycles. The topological polar surface area (TPSA) is 63.5 Å². The van der Waals surface area contributed by atoms with Crippen LogP contribution in [-0.2, 0) is 6.54 Å². The Bertz CT molecular complexity index is 969. The van der Waals surface area contributed by atoms with Gasteiger partial charge in [0.15, 0.2) is 10.8 Å². The fourth-order valence-electron chi connectivity index (χ4n) is 2.92. The zero-order valence-electron chi connectivity index (χ0n) is 17.5. The molecule has 3 aromatic rings. The number of benzene rings is 1. The van der Waals surface area contributed by atoms with Crippen LogP contribution in [0.15, 0.2) is 24.3 Å². The minimum atomic E-state index is -0.124. The summed E-state index contributed by atoms with van der Waals surface area (Å²) in [5.41, 5.74) is 2.29. The molecule has 7 nitrogen and oxygen atoms in total. The van der Waals surface area contributed by atoms with E-state index in [9.17, 15) is 4.79 Å². The fraction of sp³-hybridized carbons (Fsp3) is 0.450. The number of anilines is 1. The van der Waals surface area contributed by atoms with Gasteiger partial charge in [-0.2, -0.15) is 5.10 Å². The largest absolute Gasteiger partial charge is 0.494 e. The van der Waals surface area contributed by atoms with Crippen LogP contribution in [0.2, 0.25) is 0 Å². The molecule has 0 aliphatic carbocycles. The van der Waals surface area contributed by atoms with Crippen LogP contribution in [0.3, 0.4) is 0 Å². The number of likely N-dealkylation sites (N-methyl/N-ethyl adjacent to an activating group) is 1. The van der Waals surface area contributed by atoms with Crippen molar-refractivity contribution in [2.75, 3.05) is 38.7 Å². The Morgan fingerprint density at radius 2 is 1.97 bits per heavy atom. The predicted octanol–water partition coefficient (Wildman–Crippen LogP) is 3.85. The summed E-state index contributed by atoms with van der Waals surface area (Å²) in [6.45, 7) is 8.57. The third-order valence-corrected chi connectivity index (χ3v) is 5.45. The van der Waals surface area contributed by atoms with Gasteiger partial charge in [0.25, 0.3) is 5.91 Å². The zero-order valence-corrected chi connectivity index (χ0v) is 19.1. The Labute approximate surface area is 181 Å². The van der Waals surface area contributed by atoms with E-state index < -0.39 is 0 Å². The van der Waals surface area contributed by atoms with Crippen LogP contribution >= 0.6 is 23.7 Å². The third kappa shape index (κ3) is 5.26. The molecule has 2 aromatic heterocycles. The molecule has 0 bridgehead atoms. The average Bonchev–Trinajstić information content (AvgIpc) is 3.24. The van der Waals surface area contributed by atoms with E-state index in [-0.39, 0.29) is 18.3 Å². The summed E-state index contributed by atoms with van der Waals surface area (Å²) >= 11 is 1.50. The molecule has 0 fully saturated rings. The van der Waals surface area contributed by atoms with Gasteiger partial charge >= 0.3 is 0 Å². The normalized spacial score (nSPS) is 11.0. The number of halogens is 1. The molecule has 0 saturated heterocycles.